The number of benzene rings is 1. The van der Waals surface area contributed by atoms with Gasteiger partial charge in [0.15, 0.2) is 0 Å². The van der Waals surface area contributed by atoms with Crippen molar-refractivity contribution in [3.8, 4) is 11.3 Å². The molecule has 0 spiro atoms. The van der Waals surface area contributed by atoms with Gasteiger partial charge in [-0.25, -0.2) is 4.39 Å². The smallest absolute Gasteiger partial charge is 0.126 e. The molecule has 0 N–H and O–H groups in total. The molecule has 0 saturated heterocycles. The predicted molar refractivity (Wildman–Crippen MR) is 64.9 cm³/mol. The maximum atomic E-state index is 13.2. The van der Waals surface area contributed by atoms with Crippen molar-refractivity contribution in [3.05, 3.63) is 60.7 Å². The molecule has 0 aliphatic carbocycles. The third-order valence-electron chi connectivity index (χ3n) is 2.63. The molecule has 0 radical (unpaired) electrons. The van der Waals surface area contributed by atoms with Gasteiger partial charge >= 0.3 is 0 Å². The molecule has 0 aliphatic heterocycles. The fourth-order valence-electron chi connectivity index (χ4n) is 1.86. The van der Waals surface area contributed by atoms with Crippen molar-refractivity contribution >= 4 is 10.9 Å². The van der Waals surface area contributed by atoms with Gasteiger partial charge in [0.2, 0.25) is 0 Å². The van der Waals surface area contributed by atoms with Crippen LogP contribution in [0.4, 0.5) is 4.39 Å². The minimum Gasteiger partial charge on any atom is -0.256 e. The number of rotatable bonds is 1. The summed E-state index contributed by atoms with van der Waals surface area (Å²) in [6.45, 7) is 0. The highest BCUT2D eigenvalue weighted by Gasteiger charge is 2.06. The van der Waals surface area contributed by atoms with Gasteiger partial charge in [0.05, 0.1) is 11.2 Å². The maximum absolute atomic E-state index is 13.2. The van der Waals surface area contributed by atoms with Crippen LogP contribution in [0.25, 0.3) is 22.2 Å². The molecular formula is C14H9FN2. The molecule has 1 aromatic carbocycles. The number of fused-ring (bicyclic) bond motifs is 1. The number of hydrogen-bond acceptors (Lipinski definition) is 2. The SMILES string of the molecule is Fc1ccnc(-c2cccc3cccnc23)c1. The average molecular weight is 224 g/mol. The van der Waals surface area contributed by atoms with E-state index in [-0.39, 0.29) is 5.82 Å². The summed E-state index contributed by atoms with van der Waals surface area (Å²) in [6.07, 6.45) is 3.19. The third kappa shape index (κ3) is 1.76. The number of nitrogens with zero attached hydrogens (tertiary/aromatic N) is 2. The van der Waals surface area contributed by atoms with Gasteiger partial charge in [-0.2, -0.15) is 0 Å². The van der Waals surface area contributed by atoms with Crippen LogP contribution in [0.2, 0.25) is 0 Å². The van der Waals surface area contributed by atoms with Crippen LogP contribution in [0, 0.1) is 5.82 Å². The highest BCUT2D eigenvalue weighted by Crippen LogP contribution is 2.25. The fourth-order valence-corrected chi connectivity index (χ4v) is 1.86. The minimum absolute atomic E-state index is 0.289. The van der Waals surface area contributed by atoms with Crippen LogP contribution < -0.4 is 0 Å². The topological polar surface area (TPSA) is 25.8 Å². The van der Waals surface area contributed by atoms with Crippen LogP contribution >= 0.6 is 0 Å². The van der Waals surface area contributed by atoms with Crippen LogP contribution in [0.1, 0.15) is 0 Å². The Balaban J connectivity index is 2.30. The number of pyridine rings is 2. The molecule has 0 atom stereocenters. The van der Waals surface area contributed by atoms with E-state index in [4.69, 9.17) is 0 Å². The van der Waals surface area contributed by atoms with Crippen molar-refractivity contribution in [1.29, 1.82) is 0 Å². The quantitative estimate of drug-likeness (QED) is 0.632. The first-order valence-corrected chi connectivity index (χ1v) is 5.30. The van der Waals surface area contributed by atoms with Crippen LogP contribution in [0.15, 0.2) is 54.9 Å². The molecule has 0 fully saturated rings. The monoisotopic (exact) mass is 224 g/mol. The zero-order valence-electron chi connectivity index (χ0n) is 8.97. The van der Waals surface area contributed by atoms with Crippen LogP contribution in [-0.2, 0) is 0 Å². The molecule has 0 unspecified atom stereocenters. The van der Waals surface area contributed by atoms with E-state index in [1.807, 2.05) is 30.3 Å². The molecule has 82 valence electrons. The van der Waals surface area contributed by atoms with Gasteiger partial charge in [0.25, 0.3) is 0 Å². The lowest BCUT2D eigenvalue weighted by Gasteiger charge is -2.04. The van der Waals surface area contributed by atoms with Crippen LogP contribution in [0.5, 0.6) is 0 Å². The number of hydrogen-bond donors (Lipinski definition) is 0. The summed E-state index contributed by atoms with van der Waals surface area (Å²) >= 11 is 0. The lowest BCUT2D eigenvalue weighted by atomic mass is 10.1. The third-order valence-corrected chi connectivity index (χ3v) is 2.63. The van der Waals surface area contributed by atoms with Gasteiger partial charge in [-0.05, 0) is 12.1 Å². The number of aromatic nitrogens is 2. The normalized spacial score (nSPS) is 10.6. The molecule has 2 nitrogen and oxygen atoms in total. The Morgan fingerprint density at radius 3 is 2.65 bits per heavy atom. The van der Waals surface area contributed by atoms with Crippen molar-refractivity contribution in [2.45, 2.75) is 0 Å². The number of para-hydroxylation sites is 1. The minimum atomic E-state index is -0.289. The molecule has 3 aromatic rings. The van der Waals surface area contributed by atoms with Crippen molar-refractivity contribution in [2.75, 3.05) is 0 Å². The second-order valence-corrected chi connectivity index (χ2v) is 3.74. The highest BCUT2D eigenvalue weighted by atomic mass is 19.1. The van der Waals surface area contributed by atoms with E-state index in [1.54, 1.807) is 6.20 Å². The molecule has 0 aliphatic rings. The molecule has 2 aromatic heterocycles. The van der Waals surface area contributed by atoms with Gasteiger partial charge in [-0.3, -0.25) is 9.97 Å². The second-order valence-electron chi connectivity index (χ2n) is 3.74. The molecular weight excluding hydrogens is 215 g/mol. The summed E-state index contributed by atoms with van der Waals surface area (Å²) in [5, 5.41) is 1.02. The van der Waals surface area contributed by atoms with Crippen molar-refractivity contribution in [1.82, 2.24) is 9.97 Å². The Bertz CT molecular complexity index is 674. The Hall–Kier alpha value is -2.29. The largest absolute Gasteiger partial charge is 0.256 e. The standard InChI is InChI=1S/C14H9FN2/c15-11-6-8-16-13(9-11)12-5-1-3-10-4-2-7-17-14(10)12/h1-9H. The highest BCUT2D eigenvalue weighted by molar-refractivity contribution is 5.92. The van der Waals surface area contributed by atoms with Crippen molar-refractivity contribution in [3.63, 3.8) is 0 Å². The Kier molecular flexibility index (Phi) is 2.29. The first-order chi connectivity index (χ1) is 8.34. The van der Waals surface area contributed by atoms with Gasteiger partial charge < -0.3 is 0 Å². The van der Waals surface area contributed by atoms with Gasteiger partial charge in [0, 0.05) is 29.4 Å². The predicted octanol–water partition coefficient (Wildman–Crippen LogP) is 3.44. The first kappa shape index (κ1) is 9.90. The van der Waals surface area contributed by atoms with Gasteiger partial charge in [0.1, 0.15) is 5.82 Å². The Morgan fingerprint density at radius 2 is 1.76 bits per heavy atom. The van der Waals surface area contributed by atoms with E-state index in [2.05, 4.69) is 9.97 Å². The molecule has 2 heterocycles. The summed E-state index contributed by atoms with van der Waals surface area (Å²) < 4.78 is 13.2. The maximum Gasteiger partial charge on any atom is 0.126 e. The van der Waals surface area contributed by atoms with E-state index in [0.717, 1.165) is 16.5 Å². The number of halogens is 1. The summed E-state index contributed by atoms with van der Waals surface area (Å²) in [5.74, 6) is -0.289. The van der Waals surface area contributed by atoms with E-state index in [0.29, 0.717) is 5.69 Å². The van der Waals surface area contributed by atoms with Crippen molar-refractivity contribution in [2.24, 2.45) is 0 Å². The second kappa shape index (κ2) is 3.94. The van der Waals surface area contributed by atoms with Gasteiger partial charge in [-0.15, -0.1) is 0 Å². The summed E-state index contributed by atoms with van der Waals surface area (Å²) in [5.41, 5.74) is 2.30. The molecule has 17 heavy (non-hydrogen) atoms. The molecule has 3 rings (SSSR count). The first-order valence-electron chi connectivity index (χ1n) is 5.30. The summed E-state index contributed by atoms with van der Waals surface area (Å²) in [6, 6.07) is 12.4. The van der Waals surface area contributed by atoms with E-state index in [1.165, 1.54) is 18.3 Å². The van der Waals surface area contributed by atoms with Crippen LogP contribution in [0.3, 0.4) is 0 Å². The lowest BCUT2D eigenvalue weighted by molar-refractivity contribution is 0.626. The summed E-state index contributed by atoms with van der Waals surface area (Å²) in [7, 11) is 0. The van der Waals surface area contributed by atoms with Gasteiger partial charge in [-0.1, -0.05) is 24.3 Å². The Morgan fingerprint density at radius 1 is 0.882 bits per heavy atom. The molecule has 0 saturated carbocycles. The zero-order valence-corrected chi connectivity index (χ0v) is 8.97. The molecule has 0 amide bonds. The average Bonchev–Trinajstić information content (AvgIpc) is 2.38. The lowest BCUT2D eigenvalue weighted by Crippen LogP contribution is -1.88. The van der Waals surface area contributed by atoms with E-state index >= 15 is 0 Å². The van der Waals surface area contributed by atoms with E-state index < -0.39 is 0 Å². The van der Waals surface area contributed by atoms with E-state index in [9.17, 15) is 4.39 Å². The Labute approximate surface area is 97.8 Å². The summed E-state index contributed by atoms with van der Waals surface area (Å²) in [4.78, 5) is 8.50. The van der Waals surface area contributed by atoms with Crippen LogP contribution in [-0.4, -0.2) is 9.97 Å². The van der Waals surface area contributed by atoms with Crippen molar-refractivity contribution < 1.29 is 4.39 Å². The molecule has 3 heteroatoms. The molecule has 0 bridgehead atoms. The zero-order chi connectivity index (χ0) is 11.7. The fraction of sp³-hybridized carbons (Fsp3) is 0.